The number of hydrogen-bond donors (Lipinski definition) is 0. The van der Waals surface area contributed by atoms with Gasteiger partial charge in [0.15, 0.2) is 11.6 Å². The zero-order valence-corrected chi connectivity index (χ0v) is 18.6. The number of benzene rings is 2. The first-order valence-corrected chi connectivity index (χ1v) is 10.7. The quantitative estimate of drug-likeness (QED) is 0.221. The molecule has 0 spiro atoms. The summed E-state index contributed by atoms with van der Waals surface area (Å²) in [6.07, 6.45) is -0.987. The van der Waals surface area contributed by atoms with Crippen LogP contribution in [0.2, 0.25) is 0 Å². The Balaban J connectivity index is 1.56. The lowest BCUT2D eigenvalue weighted by atomic mass is 9.97. The third kappa shape index (κ3) is 6.18. The first-order valence-electron chi connectivity index (χ1n) is 10.7. The number of nitrogens with zero attached hydrogens (tertiary/aromatic N) is 2. The van der Waals surface area contributed by atoms with Gasteiger partial charge in [0, 0.05) is 42.6 Å². The number of Topliss-reactive ketones (excluding diaryl/α,β-unsaturated/α-hetero) is 2. The van der Waals surface area contributed by atoms with Crippen molar-refractivity contribution in [2.45, 2.75) is 19.2 Å². The normalized spacial score (nSPS) is 11.2. The SMILES string of the molecule is O=C(Cc1ccc(-c2ccccc2F)nc1)c1ccc(OC(F)(F)F)c(C(=O)Cc2ccncc2)c1. The minimum atomic E-state index is -5.01. The van der Waals surface area contributed by atoms with Crippen molar-refractivity contribution < 1.29 is 31.9 Å². The second kappa shape index (κ2) is 10.5. The van der Waals surface area contributed by atoms with E-state index in [9.17, 15) is 27.2 Å². The van der Waals surface area contributed by atoms with E-state index in [1.807, 2.05) is 0 Å². The Morgan fingerprint density at radius 3 is 2.22 bits per heavy atom. The number of ether oxygens (including phenoxy) is 1. The van der Waals surface area contributed by atoms with Crippen LogP contribution in [0.15, 0.2) is 85.3 Å². The number of hydrogen-bond acceptors (Lipinski definition) is 5. The summed E-state index contributed by atoms with van der Waals surface area (Å²) in [6, 6.07) is 15.7. The molecule has 0 aliphatic heterocycles. The van der Waals surface area contributed by atoms with Gasteiger partial charge in [-0.3, -0.25) is 19.6 Å². The summed E-state index contributed by atoms with van der Waals surface area (Å²) in [4.78, 5) is 33.8. The van der Waals surface area contributed by atoms with E-state index < -0.39 is 29.5 Å². The van der Waals surface area contributed by atoms with Crippen molar-refractivity contribution in [3.63, 3.8) is 0 Å². The van der Waals surface area contributed by atoms with E-state index in [1.54, 1.807) is 42.5 Å². The van der Waals surface area contributed by atoms with Gasteiger partial charge in [-0.05, 0) is 59.7 Å². The molecule has 2 heterocycles. The second-order valence-electron chi connectivity index (χ2n) is 7.85. The molecule has 9 heteroatoms. The lowest BCUT2D eigenvalue weighted by Crippen LogP contribution is -2.20. The molecule has 0 aliphatic carbocycles. The standard InChI is InChI=1S/C27H18F4N2O3/c28-22-4-2-1-3-20(22)23-7-5-18(16-33-23)14-24(34)19-6-8-26(36-27(29,30)31)21(15-19)25(35)13-17-9-11-32-12-10-17/h1-12,15-16H,13-14H2. The van der Waals surface area contributed by atoms with E-state index in [1.165, 1.54) is 30.7 Å². The van der Waals surface area contributed by atoms with E-state index in [0.717, 1.165) is 12.1 Å². The first kappa shape index (κ1) is 24.7. The van der Waals surface area contributed by atoms with Gasteiger partial charge in [0.25, 0.3) is 0 Å². The van der Waals surface area contributed by atoms with Gasteiger partial charge in [0.2, 0.25) is 0 Å². The highest BCUT2D eigenvalue weighted by atomic mass is 19.4. The van der Waals surface area contributed by atoms with Gasteiger partial charge in [-0.25, -0.2) is 4.39 Å². The van der Waals surface area contributed by atoms with Crippen LogP contribution in [-0.2, 0) is 12.8 Å². The molecule has 0 atom stereocenters. The van der Waals surface area contributed by atoms with Crippen LogP contribution >= 0.6 is 0 Å². The van der Waals surface area contributed by atoms with Gasteiger partial charge in [0.05, 0.1) is 11.3 Å². The number of rotatable bonds is 8. The Kier molecular flexibility index (Phi) is 7.19. The molecule has 2 aromatic carbocycles. The summed E-state index contributed by atoms with van der Waals surface area (Å²) in [5.41, 5.74) is 1.45. The molecule has 4 aromatic rings. The summed E-state index contributed by atoms with van der Waals surface area (Å²) in [5, 5.41) is 0. The summed E-state index contributed by atoms with van der Waals surface area (Å²) in [5.74, 6) is -2.20. The van der Waals surface area contributed by atoms with Crippen LogP contribution in [0, 0.1) is 5.82 Å². The maximum absolute atomic E-state index is 14.0. The van der Waals surface area contributed by atoms with Crippen molar-refractivity contribution in [1.29, 1.82) is 0 Å². The van der Waals surface area contributed by atoms with Gasteiger partial charge in [-0.15, -0.1) is 13.2 Å². The van der Waals surface area contributed by atoms with Crippen LogP contribution in [0.25, 0.3) is 11.3 Å². The summed E-state index contributed by atoms with van der Waals surface area (Å²) in [6.45, 7) is 0. The molecule has 0 N–H and O–H groups in total. The smallest absolute Gasteiger partial charge is 0.405 e. The largest absolute Gasteiger partial charge is 0.573 e. The molecule has 0 saturated heterocycles. The Hall–Kier alpha value is -4.40. The van der Waals surface area contributed by atoms with Crippen LogP contribution in [0.1, 0.15) is 31.8 Å². The van der Waals surface area contributed by atoms with Crippen molar-refractivity contribution in [3.05, 3.63) is 113 Å². The van der Waals surface area contributed by atoms with Crippen LogP contribution < -0.4 is 4.74 Å². The average Bonchev–Trinajstić information content (AvgIpc) is 2.85. The van der Waals surface area contributed by atoms with E-state index in [0.29, 0.717) is 22.4 Å². The topological polar surface area (TPSA) is 69.2 Å². The van der Waals surface area contributed by atoms with Crippen molar-refractivity contribution in [1.82, 2.24) is 9.97 Å². The zero-order valence-electron chi connectivity index (χ0n) is 18.6. The molecule has 0 radical (unpaired) electrons. The maximum atomic E-state index is 14.0. The zero-order chi connectivity index (χ0) is 25.7. The van der Waals surface area contributed by atoms with E-state index in [4.69, 9.17) is 0 Å². The Bertz CT molecular complexity index is 1390. The van der Waals surface area contributed by atoms with Gasteiger partial charge >= 0.3 is 6.36 Å². The van der Waals surface area contributed by atoms with Crippen molar-refractivity contribution in [2.24, 2.45) is 0 Å². The van der Waals surface area contributed by atoms with E-state index >= 15 is 0 Å². The average molecular weight is 494 g/mol. The lowest BCUT2D eigenvalue weighted by molar-refractivity contribution is -0.274. The monoisotopic (exact) mass is 494 g/mol. The lowest BCUT2D eigenvalue weighted by Gasteiger charge is -2.14. The number of ketones is 2. The number of carbonyl (C=O) groups excluding carboxylic acids is 2. The molecule has 2 aromatic heterocycles. The minimum absolute atomic E-state index is 0.0424. The summed E-state index contributed by atoms with van der Waals surface area (Å²) >= 11 is 0. The fourth-order valence-electron chi connectivity index (χ4n) is 3.56. The summed E-state index contributed by atoms with van der Waals surface area (Å²) in [7, 11) is 0. The highest BCUT2D eigenvalue weighted by molar-refractivity contribution is 6.04. The van der Waals surface area contributed by atoms with Crippen LogP contribution in [0.3, 0.4) is 0 Å². The first-order chi connectivity index (χ1) is 17.2. The second-order valence-corrected chi connectivity index (χ2v) is 7.85. The fourth-order valence-corrected chi connectivity index (χ4v) is 3.56. The molecule has 0 unspecified atom stereocenters. The van der Waals surface area contributed by atoms with Crippen LogP contribution in [0.4, 0.5) is 17.6 Å². The number of carbonyl (C=O) groups is 2. The Morgan fingerprint density at radius 1 is 0.833 bits per heavy atom. The van der Waals surface area contributed by atoms with Gasteiger partial charge < -0.3 is 4.74 Å². The molecular formula is C27H18F4N2O3. The number of aromatic nitrogens is 2. The van der Waals surface area contributed by atoms with Gasteiger partial charge in [0.1, 0.15) is 11.6 Å². The van der Waals surface area contributed by atoms with E-state index in [-0.39, 0.29) is 24.0 Å². The Labute approximate surface area is 203 Å². The molecule has 0 fully saturated rings. The third-order valence-corrected chi connectivity index (χ3v) is 5.28. The number of pyridine rings is 2. The highest BCUT2D eigenvalue weighted by Gasteiger charge is 2.33. The molecule has 182 valence electrons. The molecule has 0 saturated carbocycles. The minimum Gasteiger partial charge on any atom is -0.405 e. The molecular weight excluding hydrogens is 476 g/mol. The van der Waals surface area contributed by atoms with Gasteiger partial charge in [-0.2, -0.15) is 0 Å². The molecule has 0 bridgehead atoms. The van der Waals surface area contributed by atoms with Crippen molar-refractivity contribution in [2.75, 3.05) is 0 Å². The third-order valence-electron chi connectivity index (χ3n) is 5.28. The van der Waals surface area contributed by atoms with Crippen LogP contribution in [0.5, 0.6) is 5.75 Å². The van der Waals surface area contributed by atoms with Gasteiger partial charge in [-0.1, -0.05) is 18.2 Å². The molecule has 0 aliphatic rings. The molecule has 4 rings (SSSR count). The Morgan fingerprint density at radius 2 is 1.56 bits per heavy atom. The maximum Gasteiger partial charge on any atom is 0.573 e. The summed E-state index contributed by atoms with van der Waals surface area (Å²) < 4.78 is 56.7. The highest BCUT2D eigenvalue weighted by Crippen LogP contribution is 2.29. The number of halogens is 4. The van der Waals surface area contributed by atoms with E-state index in [2.05, 4.69) is 14.7 Å². The molecule has 0 amide bonds. The van der Waals surface area contributed by atoms with Crippen molar-refractivity contribution >= 4 is 11.6 Å². The number of alkyl halides is 3. The van der Waals surface area contributed by atoms with Crippen LogP contribution in [-0.4, -0.2) is 27.9 Å². The fraction of sp³-hybridized carbons (Fsp3) is 0.111. The predicted octanol–water partition coefficient (Wildman–Crippen LogP) is 6.03. The molecule has 36 heavy (non-hydrogen) atoms. The predicted molar refractivity (Wildman–Crippen MR) is 123 cm³/mol. The van der Waals surface area contributed by atoms with Crippen molar-refractivity contribution in [3.8, 4) is 17.0 Å². The molecule has 5 nitrogen and oxygen atoms in total.